The molecule has 4 heteroatoms. The molecule has 1 fully saturated rings. The summed E-state index contributed by atoms with van der Waals surface area (Å²) in [4.78, 5) is 4.62. The highest BCUT2D eigenvalue weighted by Crippen LogP contribution is 2.17. The van der Waals surface area contributed by atoms with Crippen molar-refractivity contribution in [2.75, 3.05) is 25.5 Å². The molecule has 1 saturated heterocycles. The van der Waals surface area contributed by atoms with Crippen LogP contribution in [0.2, 0.25) is 0 Å². The summed E-state index contributed by atoms with van der Waals surface area (Å²) in [6.07, 6.45) is 2.08. The van der Waals surface area contributed by atoms with Gasteiger partial charge in [-0.25, -0.2) is 0 Å². The Hall–Kier alpha value is -1.00. The molecular formula is C17H26N2OS. The molecule has 1 atom stereocenters. The van der Waals surface area contributed by atoms with Crippen molar-refractivity contribution in [1.82, 2.24) is 5.32 Å². The molecule has 0 saturated carbocycles. The number of benzene rings is 1. The van der Waals surface area contributed by atoms with Crippen LogP contribution in [0.25, 0.3) is 0 Å². The maximum Gasteiger partial charge on any atom is 0.156 e. The number of amidine groups is 1. The van der Waals surface area contributed by atoms with Crippen LogP contribution < -0.4 is 5.32 Å². The molecule has 1 heterocycles. The van der Waals surface area contributed by atoms with Gasteiger partial charge < -0.3 is 10.1 Å². The average Bonchev–Trinajstić information content (AvgIpc) is 2.91. The first-order chi connectivity index (χ1) is 10.2. The first-order valence-corrected chi connectivity index (χ1v) is 8.78. The lowest BCUT2D eigenvalue weighted by Crippen LogP contribution is -2.29. The van der Waals surface area contributed by atoms with Crippen molar-refractivity contribution in [2.45, 2.75) is 32.7 Å². The number of thioether (sulfide) groups is 1. The molecule has 1 aromatic carbocycles. The smallest absolute Gasteiger partial charge is 0.156 e. The summed E-state index contributed by atoms with van der Waals surface area (Å²) in [6, 6.07) is 11.1. The minimum Gasteiger partial charge on any atom is -0.381 e. The number of nitrogens with one attached hydrogen (secondary N) is 1. The highest BCUT2D eigenvalue weighted by atomic mass is 32.2. The molecule has 2 rings (SSSR count). The van der Waals surface area contributed by atoms with Gasteiger partial charge in [-0.05, 0) is 24.3 Å². The van der Waals surface area contributed by atoms with E-state index in [1.54, 1.807) is 0 Å². The second-order valence-electron chi connectivity index (χ2n) is 5.85. The maximum atomic E-state index is 5.56. The van der Waals surface area contributed by atoms with E-state index in [4.69, 9.17) is 4.74 Å². The third-order valence-electron chi connectivity index (χ3n) is 3.23. The Morgan fingerprint density at radius 1 is 1.33 bits per heavy atom. The van der Waals surface area contributed by atoms with E-state index in [1.807, 2.05) is 11.8 Å². The highest BCUT2D eigenvalue weighted by molar-refractivity contribution is 8.14. The molecule has 1 aliphatic rings. The van der Waals surface area contributed by atoms with E-state index in [2.05, 4.69) is 54.5 Å². The van der Waals surface area contributed by atoms with Crippen molar-refractivity contribution < 1.29 is 4.74 Å². The van der Waals surface area contributed by atoms with Crippen LogP contribution in [0.4, 0.5) is 0 Å². The number of ether oxygens (including phenoxy) is 1. The molecule has 116 valence electrons. The van der Waals surface area contributed by atoms with E-state index in [0.29, 0.717) is 12.0 Å². The molecule has 0 amide bonds. The molecule has 0 aromatic heterocycles. The van der Waals surface area contributed by atoms with Crippen molar-refractivity contribution >= 4 is 16.9 Å². The lowest BCUT2D eigenvalue weighted by Gasteiger charge is -2.09. The number of hydrogen-bond acceptors (Lipinski definition) is 3. The zero-order valence-electron chi connectivity index (χ0n) is 13.0. The van der Waals surface area contributed by atoms with Crippen molar-refractivity contribution in [3.05, 3.63) is 35.9 Å². The lowest BCUT2D eigenvalue weighted by atomic mass is 10.1. The van der Waals surface area contributed by atoms with Gasteiger partial charge in [-0.1, -0.05) is 55.9 Å². The van der Waals surface area contributed by atoms with E-state index < -0.39 is 0 Å². The zero-order chi connectivity index (χ0) is 14.9. The van der Waals surface area contributed by atoms with E-state index in [0.717, 1.165) is 43.5 Å². The fraction of sp³-hybridized carbons (Fsp3) is 0.588. The van der Waals surface area contributed by atoms with Crippen LogP contribution in [0.5, 0.6) is 0 Å². The van der Waals surface area contributed by atoms with Crippen molar-refractivity contribution in [3.63, 3.8) is 0 Å². The fourth-order valence-corrected chi connectivity index (χ4v) is 3.20. The Morgan fingerprint density at radius 2 is 2.14 bits per heavy atom. The number of nitrogens with zero attached hydrogens (tertiary/aromatic N) is 1. The van der Waals surface area contributed by atoms with Crippen LogP contribution in [-0.4, -0.2) is 36.7 Å². The Balaban J connectivity index is 1.62. The van der Waals surface area contributed by atoms with Gasteiger partial charge in [0.2, 0.25) is 0 Å². The standard InChI is InChI=1S/C17H26N2OS/c1-14(2)12-20-10-6-9-18-17-19-16(13-21-17)11-15-7-4-3-5-8-15/h3-5,7-8,14,16H,6,9-13H2,1-2H3,(H,18,19). The fourth-order valence-electron chi connectivity index (χ4n) is 2.20. The van der Waals surface area contributed by atoms with E-state index in [-0.39, 0.29) is 0 Å². The molecule has 0 aliphatic carbocycles. The first-order valence-electron chi connectivity index (χ1n) is 7.79. The summed E-state index contributed by atoms with van der Waals surface area (Å²) >= 11 is 1.84. The van der Waals surface area contributed by atoms with Gasteiger partial charge in [-0.15, -0.1) is 0 Å². The SMILES string of the molecule is CC(C)COCCCN=C1NC(Cc2ccccc2)CS1. The summed E-state index contributed by atoms with van der Waals surface area (Å²) in [5.74, 6) is 1.72. The van der Waals surface area contributed by atoms with Crippen LogP contribution in [0.3, 0.4) is 0 Å². The monoisotopic (exact) mass is 306 g/mol. The summed E-state index contributed by atoms with van der Waals surface area (Å²) in [5.41, 5.74) is 1.39. The van der Waals surface area contributed by atoms with Crippen LogP contribution >= 0.6 is 11.8 Å². The van der Waals surface area contributed by atoms with E-state index in [9.17, 15) is 0 Å². The van der Waals surface area contributed by atoms with E-state index >= 15 is 0 Å². The van der Waals surface area contributed by atoms with Crippen LogP contribution in [0.15, 0.2) is 35.3 Å². The molecule has 1 N–H and O–H groups in total. The average molecular weight is 306 g/mol. The molecule has 1 unspecified atom stereocenters. The predicted molar refractivity (Wildman–Crippen MR) is 92.1 cm³/mol. The molecule has 3 nitrogen and oxygen atoms in total. The van der Waals surface area contributed by atoms with Gasteiger partial charge in [0.05, 0.1) is 0 Å². The summed E-state index contributed by atoms with van der Waals surface area (Å²) < 4.78 is 5.56. The second-order valence-corrected chi connectivity index (χ2v) is 6.86. The largest absolute Gasteiger partial charge is 0.381 e. The Bertz CT molecular complexity index is 434. The number of aliphatic imine (C=N–C) groups is 1. The minimum atomic E-state index is 0.508. The summed E-state index contributed by atoms with van der Waals surface area (Å²) in [5, 5.41) is 4.62. The molecule has 0 radical (unpaired) electrons. The van der Waals surface area contributed by atoms with Gasteiger partial charge in [-0.2, -0.15) is 0 Å². The van der Waals surface area contributed by atoms with Crippen LogP contribution in [0.1, 0.15) is 25.8 Å². The van der Waals surface area contributed by atoms with Crippen molar-refractivity contribution in [2.24, 2.45) is 10.9 Å². The molecule has 0 bridgehead atoms. The van der Waals surface area contributed by atoms with Crippen molar-refractivity contribution in [3.8, 4) is 0 Å². The topological polar surface area (TPSA) is 33.6 Å². The molecule has 1 aromatic rings. The molecule has 1 aliphatic heterocycles. The third-order valence-corrected chi connectivity index (χ3v) is 4.32. The van der Waals surface area contributed by atoms with Crippen LogP contribution in [-0.2, 0) is 11.2 Å². The van der Waals surface area contributed by atoms with Crippen LogP contribution in [0, 0.1) is 5.92 Å². The number of rotatable bonds is 8. The summed E-state index contributed by atoms with van der Waals surface area (Å²) in [6.45, 7) is 6.86. The lowest BCUT2D eigenvalue weighted by molar-refractivity contribution is 0.109. The van der Waals surface area contributed by atoms with Gasteiger partial charge in [0, 0.05) is 31.6 Å². The van der Waals surface area contributed by atoms with Gasteiger partial charge in [0.1, 0.15) is 0 Å². The Labute approximate surface area is 132 Å². The van der Waals surface area contributed by atoms with Crippen molar-refractivity contribution in [1.29, 1.82) is 0 Å². The second kappa shape index (κ2) is 9.11. The van der Waals surface area contributed by atoms with Gasteiger partial charge in [-0.3, -0.25) is 4.99 Å². The quantitative estimate of drug-likeness (QED) is 0.748. The molecule has 0 spiro atoms. The third kappa shape index (κ3) is 6.53. The van der Waals surface area contributed by atoms with E-state index in [1.165, 1.54) is 5.56 Å². The Morgan fingerprint density at radius 3 is 2.90 bits per heavy atom. The normalized spacial score (nSPS) is 20.1. The number of hydrogen-bond donors (Lipinski definition) is 1. The first kappa shape index (κ1) is 16.4. The predicted octanol–water partition coefficient (Wildman–Crippen LogP) is 3.35. The highest BCUT2D eigenvalue weighted by Gasteiger charge is 2.19. The van der Waals surface area contributed by atoms with Gasteiger partial charge in [0.25, 0.3) is 0 Å². The summed E-state index contributed by atoms with van der Waals surface area (Å²) in [7, 11) is 0. The van der Waals surface area contributed by atoms with Gasteiger partial charge in [0.15, 0.2) is 5.17 Å². The van der Waals surface area contributed by atoms with Gasteiger partial charge >= 0.3 is 0 Å². The molecular weight excluding hydrogens is 280 g/mol. The minimum absolute atomic E-state index is 0.508. The Kier molecular flexibility index (Phi) is 7.10. The maximum absolute atomic E-state index is 5.56. The molecule has 21 heavy (non-hydrogen) atoms. The zero-order valence-corrected chi connectivity index (χ0v) is 13.9.